The Morgan fingerprint density at radius 3 is 2.27 bits per heavy atom. The summed E-state index contributed by atoms with van der Waals surface area (Å²) in [6.07, 6.45) is 0.665. The van der Waals surface area contributed by atoms with E-state index in [0.717, 1.165) is 13.1 Å². The van der Waals surface area contributed by atoms with E-state index >= 15 is 0 Å². The first kappa shape index (κ1) is 21.0. The van der Waals surface area contributed by atoms with Crippen LogP contribution in [-0.4, -0.2) is 56.3 Å². The van der Waals surface area contributed by atoms with Crippen LogP contribution in [-0.2, 0) is 21.2 Å². The van der Waals surface area contributed by atoms with Crippen molar-refractivity contribution >= 4 is 15.9 Å². The van der Waals surface area contributed by atoms with E-state index in [4.69, 9.17) is 0 Å². The Hall–Kier alpha value is -2.22. The van der Waals surface area contributed by atoms with Crippen molar-refractivity contribution in [2.24, 2.45) is 5.92 Å². The summed E-state index contributed by atoms with van der Waals surface area (Å²) in [5.74, 6) is 0.178. The highest BCUT2D eigenvalue weighted by molar-refractivity contribution is 7.89. The topological polar surface area (TPSA) is 69.7 Å². The van der Waals surface area contributed by atoms with E-state index in [1.54, 1.807) is 24.3 Å². The van der Waals surface area contributed by atoms with Crippen LogP contribution in [0.4, 0.5) is 0 Å². The molecule has 1 aliphatic heterocycles. The van der Waals surface area contributed by atoms with Gasteiger partial charge in [0, 0.05) is 38.1 Å². The van der Waals surface area contributed by atoms with Gasteiger partial charge in [0.15, 0.2) is 0 Å². The Bertz CT molecular complexity index is 999. The largest absolute Gasteiger partial charge is 0.340 e. The van der Waals surface area contributed by atoms with E-state index in [-0.39, 0.29) is 28.8 Å². The SMILES string of the molecule is CC(C)C(=O)N1CCN([C@@H]2c3ccccc3C[C@@H]2NS(=O)(=O)c2ccccc2)CC1. The lowest BCUT2D eigenvalue weighted by molar-refractivity contribution is -0.136. The number of sulfonamides is 1. The summed E-state index contributed by atoms with van der Waals surface area (Å²) in [4.78, 5) is 16.9. The maximum absolute atomic E-state index is 13.0. The zero-order chi connectivity index (χ0) is 21.3. The predicted octanol–water partition coefficient (Wildman–Crippen LogP) is 2.43. The Labute approximate surface area is 178 Å². The van der Waals surface area contributed by atoms with Crippen molar-refractivity contribution in [1.82, 2.24) is 14.5 Å². The van der Waals surface area contributed by atoms with Crippen molar-refractivity contribution in [2.45, 2.75) is 37.2 Å². The van der Waals surface area contributed by atoms with Crippen LogP contribution >= 0.6 is 0 Å². The molecule has 2 atom stereocenters. The number of carbonyl (C=O) groups excluding carboxylic acids is 1. The second-order valence-electron chi connectivity index (χ2n) is 8.40. The molecule has 1 saturated heterocycles. The van der Waals surface area contributed by atoms with Crippen molar-refractivity contribution in [3.05, 3.63) is 65.7 Å². The van der Waals surface area contributed by atoms with Crippen LogP contribution < -0.4 is 4.72 Å². The Kier molecular flexibility index (Phi) is 5.95. The summed E-state index contributed by atoms with van der Waals surface area (Å²) < 4.78 is 29.0. The maximum atomic E-state index is 13.0. The molecule has 0 aromatic heterocycles. The molecule has 2 aromatic rings. The minimum atomic E-state index is -3.61. The van der Waals surface area contributed by atoms with Crippen LogP contribution in [0.5, 0.6) is 0 Å². The molecule has 2 aliphatic rings. The van der Waals surface area contributed by atoms with Crippen LogP contribution in [0.2, 0.25) is 0 Å². The third kappa shape index (κ3) is 4.15. The fourth-order valence-electron chi connectivity index (χ4n) is 4.58. The van der Waals surface area contributed by atoms with Gasteiger partial charge >= 0.3 is 0 Å². The zero-order valence-corrected chi connectivity index (χ0v) is 18.3. The quantitative estimate of drug-likeness (QED) is 0.796. The molecule has 1 fully saturated rings. The summed E-state index contributed by atoms with van der Waals surface area (Å²) in [6, 6.07) is 16.5. The Balaban J connectivity index is 1.56. The molecule has 1 amide bonds. The second kappa shape index (κ2) is 8.49. The van der Waals surface area contributed by atoms with Gasteiger partial charge in [0.2, 0.25) is 15.9 Å². The van der Waals surface area contributed by atoms with E-state index in [0.29, 0.717) is 19.5 Å². The van der Waals surface area contributed by atoms with Crippen LogP contribution in [0.3, 0.4) is 0 Å². The monoisotopic (exact) mass is 427 g/mol. The van der Waals surface area contributed by atoms with Gasteiger partial charge in [-0.05, 0) is 29.7 Å². The van der Waals surface area contributed by atoms with Crippen molar-refractivity contribution in [1.29, 1.82) is 0 Å². The molecule has 1 N–H and O–H groups in total. The normalized spacial score (nSPS) is 22.3. The fourth-order valence-corrected chi connectivity index (χ4v) is 5.85. The molecule has 0 radical (unpaired) electrons. The van der Waals surface area contributed by atoms with E-state index in [1.165, 1.54) is 11.1 Å². The summed E-state index contributed by atoms with van der Waals surface area (Å²) in [6.45, 7) is 6.68. The molecule has 4 rings (SSSR count). The second-order valence-corrected chi connectivity index (χ2v) is 10.1. The first-order valence-corrected chi connectivity index (χ1v) is 12.0. The molecular weight excluding hydrogens is 398 g/mol. The Morgan fingerprint density at radius 2 is 1.60 bits per heavy atom. The zero-order valence-electron chi connectivity index (χ0n) is 17.5. The molecule has 2 aromatic carbocycles. The molecule has 0 spiro atoms. The van der Waals surface area contributed by atoms with Gasteiger partial charge in [0.25, 0.3) is 0 Å². The number of fused-ring (bicyclic) bond motifs is 1. The highest BCUT2D eigenvalue weighted by Crippen LogP contribution is 2.37. The van der Waals surface area contributed by atoms with Crippen molar-refractivity contribution in [3.63, 3.8) is 0 Å². The standard InChI is InChI=1S/C23H29N3O3S/c1-17(2)23(27)26-14-12-25(13-15-26)22-20-11-7-6-8-18(20)16-21(22)24-30(28,29)19-9-4-3-5-10-19/h3-11,17,21-22,24H,12-16H2,1-2H3/t21-,22+/m0/s1. The molecule has 6 nitrogen and oxygen atoms in total. The fraction of sp³-hybridized carbons (Fsp3) is 0.435. The van der Waals surface area contributed by atoms with Crippen molar-refractivity contribution in [3.8, 4) is 0 Å². The number of nitrogens with one attached hydrogen (secondary N) is 1. The molecule has 160 valence electrons. The van der Waals surface area contributed by atoms with Gasteiger partial charge in [0.05, 0.1) is 10.9 Å². The first-order valence-electron chi connectivity index (χ1n) is 10.5. The number of hydrogen-bond acceptors (Lipinski definition) is 4. The highest BCUT2D eigenvalue weighted by Gasteiger charge is 2.40. The number of nitrogens with zero attached hydrogens (tertiary/aromatic N) is 2. The molecule has 1 heterocycles. The van der Waals surface area contributed by atoms with Gasteiger partial charge in [-0.2, -0.15) is 0 Å². The maximum Gasteiger partial charge on any atom is 0.240 e. The molecule has 0 bridgehead atoms. The minimum absolute atomic E-state index is 0.00538. The van der Waals surface area contributed by atoms with Crippen molar-refractivity contribution < 1.29 is 13.2 Å². The molecular formula is C23H29N3O3S. The van der Waals surface area contributed by atoms with Crippen LogP contribution in [0.1, 0.15) is 31.0 Å². The van der Waals surface area contributed by atoms with Gasteiger partial charge in [-0.3, -0.25) is 9.69 Å². The lowest BCUT2D eigenvalue weighted by Crippen LogP contribution is -2.53. The average molecular weight is 428 g/mol. The van der Waals surface area contributed by atoms with Gasteiger partial charge in [-0.15, -0.1) is 0 Å². The number of amides is 1. The average Bonchev–Trinajstić information content (AvgIpc) is 3.11. The summed E-state index contributed by atoms with van der Waals surface area (Å²) >= 11 is 0. The van der Waals surface area contributed by atoms with Gasteiger partial charge in [-0.1, -0.05) is 56.3 Å². The van der Waals surface area contributed by atoms with E-state index in [9.17, 15) is 13.2 Å². The van der Waals surface area contributed by atoms with E-state index < -0.39 is 10.0 Å². The lowest BCUT2D eigenvalue weighted by atomic mass is 10.0. The first-order chi connectivity index (χ1) is 14.4. The summed E-state index contributed by atoms with van der Waals surface area (Å²) in [5, 5.41) is 0. The minimum Gasteiger partial charge on any atom is -0.340 e. The smallest absolute Gasteiger partial charge is 0.240 e. The van der Waals surface area contributed by atoms with Crippen LogP contribution in [0.25, 0.3) is 0 Å². The molecule has 1 aliphatic carbocycles. The predicted molar refractivity (Wildman–Crippen MR) is 116 cm³/mol. The third-order valence-corrected chi connectivity index (χ3v) is 7.57. The highest BCUT2D eigenvalue weighted by atomic mass is 32.2. The van der Waals surface area contributed by atoms with E-state index in [1.807, 2.05) is 36.9 Å². The van der Waals surface area contributed by atoms with Gasteiger partial charge in [-0.25, -0.2) is 13.1 Å². The van der Waals surface area contributed by atoms with E-state index in [2.05, 4.69) is 21.8 Å². The summed E-state index contributed by atoms with van der Waals surface area (Å²) in [5.41, 5.74) is 2.37. The molecule has 30 heavy (non-hydrogen) atoms. The number of piperazine rings is 1. The van der Waals surface area contributed by atoms with Gasteiger partial charge < -0.3 is 4.90 Å². The van der Waals surface area contributed by atoms with Gasteiger partial charge in [0.1, 0.15) is 0 Å². The number of benzene rings is 2. The molecule has 0 unspecified atom stereocenters. The number of carbonyl (C=O) groups is 1. The lowest BCUT2D eigenvalue weighted by Gasteiger charge is -2.41. The number of rotatable bonds is 5. The molecule has 0 saturated carbocycles. The van der Waals surface area contributed by atoms with Crippen LogP contribution in [0.15, 0.2) is 59.5 Å². The molecule has 7 heteroatoms. The van der Waals surface area contributed by atoms with Crippen molar-refractivity contribution in [2.75, 3.05) is 26.2 Å². The Morgan fingerprint density at radius 1 is 0.967 bits per heavy atom. The number of hydrogen-bond donors (Lipinski definition) is 1. The summed E-state index contributed by atoms with van der Waals surface area (Å²) in [7, 11) is -3.61. The van der Waals surface area contributed by atoms with Crippen LogP contribution in [0, 0.1) is 5.92 Å². The third-order valence-electron chi connectivity index (χ3n) is 6.07.